The molecule has 0 spiro atoms. The molecule has 0 radical (unpaired) electrons. The van der Waals surface area contributed by atoms with Gasteiger partial charge in [0.25, 0.3) is 0 Å². The van der Waals surface area contributed by atoms with E-state index in [1.54, 1.807) is 6.07 Å². The standard InChI is InChI=1S/C13H13BrN4OS2/c14-9-3-2-8(20-9)11(19)12-10(17)7(6-16)13(21-12)18-5-1-4-15/h2-3,18H,1,4-5,15,17H2. The molecule has 0 aliphatic rings. The molecule has 0 saturated carbocycles. The highest BCUT2D eigenvalue weighted by atomic mass is 79.9. The highest BCUT2D eigenvalue weighted by Crippen LogP contribution is 2.37. The molecule has 8 heteroatoms. The smallest absolute Gasteiger partial charge is 0.215 e. The molecule has 0 saturated heterocycles. The summed E-state index contributed by atoms with van der Waals surface area (Å²) in [7, 11) is 0. The van der Waals surface area contributed by atoms with E-state index in [2.05, 4.69) is 27.3 Å². The molecule has 0 amide bonds. The van der Waals surface area contributed by atoms with Crippen molar-refractivity contribution in [3.05, 3.63) is 31.2 Å². The summed E-state index contributed by atoms with van der Waals surface area (Å²) in [4.78, 5) is 13.4. The van der Waals surface area contributed by atoms with Crippen molar-refractivity contribution in [3.8, 4) is 6.07 Å². The van der Waals surface area contributed by atoms with Crippen LogP contribution in [0.2, 0.25) is 0 Å². The van der Waals surface area contributed by atoms with Crippen LogP contribution in [0.4, 0.5) is 10.7 Å². The zero-order valence-corrected chi connectivity index (χ0v) is 14.2. The molecule has 2 heterocycles. The van der Waals surface area contributed by atoms with Crippen LogP contribution in [0.1, 0.15) is 26.5 Å². The van der Waals surface area contributed by atoms with Gasteiger partial charge in [-0.15, -0.1) is 22.7 Å². The molecule has 5 nitrogen and oxygen atoms in total. The third-order valence-corrected chi connectivity index (χ3v) is 5.51. The summed E-state index contributed by atoms with van der Waals surface area (Å²) in [6, 6.07) is 5.61. The Morgan fingerprint density at radius 2 is 2.19 bits per heavy atom. The summed E-state index contributed by atoms with van der Waals surface area (Å²) < 4.78 is 0.878. The van der Waals surface area contributed by atoms with E-state index in [1.165, 1.54) is 22.7 Å². The molecule has 0 atom stereocenters. The summed E-state index contributed by atoms with van der Waals surface area (Å²) in [6.07, 6.45) is 0.782. The number of nitrogens with one attached hydrogen (secondary N) is 1. The quantitative estimate of drug-likeness (QED) is 0.524. The van der Waals surface area contributed by atoms with E-state index in [4.69, 9.17) is 11.5 Å². The van der Waals surface area contributed by atoms with Gasteiger partial charge in [-0.25, -0.2) is 0 Å². The molecule has 0 fully saturated rings. The number of carbonyl (C=O) groups is 1. The Morgan fingerprint density at radius 3 is 2.76 bits per heavy atom. The highest BCUT2D eigenvalue weighted by molar-refractivity contribution is 9.11. The van der Waals surface area contributed by atoms with E-state index < -0.39 is 0 Å². The van der Waals surface area contributed by atoms with Crippen LogP contribution in [-0.2, 0) is 0 Å². The maximum Gasteiger partial charge on any atom is 0.215 e. The fourth-order valence-electron chi connectivity index (χ4n) is 1.70. The molecule has 0 unspecified atom stereocenters. The highest BCUT2D eigenvalue weighted by Gasteiger charge is 2.22. The Morgan fingerprint density at radius 1 is 1.43 bits per heavy atom. The van der Waals surface area contributed by atoms with Gasteiger partial charge in [0, 0.05) is 6.54 Å². The average Bonchev–Trinajstić information content (AvgIpc) is 3.02. The van der Waals surface area contributed by atoms with Crippen molar-refractivity contribution < 1.29 is 4.79 Å². The topological polar surface area (TPSA) is 105 Å². The van der Waals surface area contributed by atoms with Crippen molar-refractivity contribution in [2.24, 2.45) is 5.73 Å². The molecule has 21 heavy (non-hydrogen) atoms. The first kappa shape index (κ1) is 16.0. The van der Waals surface area contributed by atoms with Gasteiger partial charge >= 0.3 is 0 Å². The van der Waals surface area contributed by atoms with Gasteiger partial charge in [0.1, 0.15) is 21.5 Å². The number of ketones is 1. The molecule has 5 N–H and O–H groups in total. The Balaban J connectivity index is 2.32. The predicted octanol–water partition coefficient (Wildman–Crippen LogP) is 3.02. The molecular weight excluding hydrogens is 372 g/mol. The molecule has 110 valence electrons. The first-order valence-electron chi connectivity index (χ1n) is 6.14. The van der Waals surface area contributed by atoms with Gasteiger partial charge in [0.2, 0.25) is 5.78 Å². The Bertz CT molecular complexity index is 702. The summed E-state index contributed by atoms with van der Waals surface area (Å²) in [5, 5.41) is 13.0. The monoisotopic (exact) mass is 384 g/mol. The number of hydrogen-bond acceptors (Lipinski definition) is 7. The molecule has 2 aromatic rings. The van der Waals surface area contributed by atoms with Crippen LogP contribution in [0.5, 0.6) is 0 Å². The van der Waals surface area contributed by atoms with E-state index in [9.17, 15) is 10.1 Å². The van der Waals surface area contributed by atoms with E-state index in [1.807, 2.05) is 6.07 Å². The lowest BCUT2D eigenvalue weighted by atomic mass is 10.2. The van der Waals surface area contributed by atoms with Crippen LogP contribution in [0.15, 0.2) is 15.9 Å². The Kier molecular flexibility index (Phi) is 5.36. The van der Waals surface area contributed by atoms with Crippen molar-refractivity contribution in [2.75, 3.05) is 24.1 Å². The number of carbonyl (C=O) groups excluding carboxylic acids is 1. The maximum absolute atomic E-state index is 12.5. The van der Waals surface area contributed by atoms with Gasteiger partial charge in [-0.05, 0) is 41.0 Å². The van der Waals surface area contributed by atoms with Crippen molar-refractivity contribution in [1.82, 2.24) is 0 Å². The van der Waals surface area contributed by atoms with E-state index in [0.717, 1.165) is 10.2 Å². The van der Waals surface area contributed by atoms with Gasteiger partial charge < -0.3 is 16.8 Å². The zero-order valence-electron chi connectivity index (χ0n) is 11.0. The van der Waals surface area contributed by atoms with Crippen molar-refractivity contribution in [1.29, 1.82) is 5.26 Å². The van der Waals surface area contributed by atoms with Crippen molar-refractivity contribution >= 4 is 55.1 Å². The third kappa shape index (κ3) is 3.44. The lowest BCUT2D eigenvalue weighted by Crippen LogP contribution is -2.08. The molecule has 2 rings (SSSR count). The Hall–Kier alpha value is -1.40. The molecule has 2 aromatic heterocycles. The molecular formula is C13H13BrN4OS2. The average molecular weight is 385 g/mol. The lowest BCUT2D eigenvalue weighted by molar-refractivity contribution is 0.104. The van der Waals surface area contributed by atoms with Crippen molar-refractivity contribution in [3.63, 3.8) is 0 Å². The van der Waals surface area contributed by atoms with Crippen LogP contribution >= 0.6 is 38.6 Å². The molecule has 0 aromatic carbocycles. The number of hydrogen-bond donors (Lipinski definition) is 3. The normalized spacial score (nSPS) is 10.3. The number of nitrogen functional groups attached to an aromatic ring is 1. The minimum absolute atomic E-state index is 0.156. The second kappa shape index (κ2) is 7.04. The largest absolute Gasteiger partial charge is 0.396 e. The number of thiophene rings is 2. The summed E-state index contributed by atoms with van der Waals surface area (Å²) in [5.41, 5.74) is 12.0. The SMILES string of the molecule is N#Cc1c(NCCCN)sc(C(=O)c2ccc(Br)s2)c1N. The molecule has 0 aliphatic carbocycles. The van der Waals surface area contributed by atoms with E-state index >= 15 is 0 Å². The zero-order chi connectivity index (χ0) is 15.4. The van der Waals surface area contributed by atoms with Gasteiger partial charge in [-0.2, -0.15) is 5.26 Å². The fourth-order valence-corrected chi connectivity index (χ4v) is 4.15. The van der Waals surface area contributed by atoms with Gasteiger partial charge in [0.05, 0.1) is 14.4 Å². The summed E-state index contributed by atoms with van der Waals surface area (Å²) in [5.74, 6) is -0.156. The second-order valence-electron chi connectivity index (χ2n) is 4.16. The van der Waals surface area contributed by atoms with Crippen LogP contribution in [-0.4, -0.2) is 18.9 Å². The van der Waals surface area contributed by atoms with Gasteiger partial charge in [0.15, 0.2) is 0 Å². The van der Waals surface area contributed by atoms with Crippen LogP contribution < -0.4 is 16.8 Å². The first-order valence-corrected chi connectivity index (χ1v) is 8.57. The fraction of sp³-hybridized carbons (Fsp3) is 0.231. The van der Waals surface area contributed by atoms with Crippen LogP contribution in [0, 0.1) is 11.3 Å². The number of rotatable bonds is 6. The Labute approximate surface area is 138 Å². The van der Waals surface area contributed by atoms with Gasteiger partial charge in [-0.3, -0.25) is 4.79 Å². The summed E-state index contributed by atoms with van der Waals surface area (Å²) in [6.45, 7) is 1.20. The number of halogens is 1. The number of nitrogens with two attached hydrogens (primary N) is 2. The van der Waals surface area contributed by atoms with Crippen molar-refractivity contribution in [2.45, 2.75) is 6.42 Å². The molecule has 0 bridgehead atoms. The lowest BCUT2D eigenvalue weighted by Gasteiger charge is -2.01. The maximum atomic E-state index is 12.5. The number of nitrogens with zero attached hydrogens (tertiary/aromatic N) is 1. The first-order chi connectivity index (χ1) is 10.1. The minimum Gasteiger partial charge on any atom is -0.396 e. The van der Waals surface area contributed by atoms with Crippen LogP contribution in [0.3, 0.4) is 0 Å². The van der Waals surface area contributed by atoms with E-state index in [0.29, 0.717) is 33.4 Å². The van der Waals surface area contributed by atoms with Crippen LogP contribution in [0.25, 0.3) is 0 Å². The summed E-state index contributed by atoms with van der Waals surface area (Å²) >= 11 is 5.89. The van der Waals surface area contributed by atoms with Gasteiger partial charge in [-0.1, -0.05) is 0 Å². The number of nitriles is 1. The number of anilines is 2. The minimum atomic E-state index is -0.156. The van der Waals surface area contributed by atoms with E-state index in [-0.39, 0.29) is 11.5 Å². The predicted molar refractivity (Wildman–Crippen MR) is 91.1 cm³/mol. The molecule has 0 aliphatic heterocycles. The third-order valence-electron chi connectivity index (χ3n) is 2.73. The second-order valence-corrected chi connectivity index (χ2v) is 7.65.